The van der Waals surface area contributed by atoms with Crippen LogP contribution in [-0.2, 0) is 30.3 Å². The van der Waals surface area contributed by atoms with Gasteiger partial charge in [0.1, 0.15) is 11.9 Å². The lowest BCUT2D eigenvalue weighted by Crippen LogP contribution is -2.17. The van der Waals surface area contributed by atoms with E-state index in [-0.39, 0.29) is 23.8 Å². The number of rotatable bonds is 14. The SMILES string of the molecule is CC(=O)OCCCCC(=O)CCCC(CCCc1ccccc1)OC(C)=O. The summed E-state index contributed by atoms with van der Waals surface area (Å²) >= 11 is 0. The van der Waals surface area contributed by atoms with Gasteiger partial charge in [-0.1, -0.05) is 30.3 Å². The molecule has 0 heterocycles. The molecular formula is C22H32O5. The molecule has 0 saturated carbocycles. The van der Waals surface area contributed by atoms with Crippen molar-refractivity contribution in [1.82, 2.24) is 0 Å². The van der Waals surface area contributed by atoms with Crippen molar-refractivity contribution in [2.75, 3.05) is 6.61 Å². The molecule has 0 aromatic heterocycles. The van der Waals surface area contributed by atoms with Crippen molar-refractivity contribution in [3.63, 3.8) is 0 Å². The van der Waals surface area contributed by atoms with Gasteiger partial charge in [-0.15, -0.1) is 0 Å². The first-order chi connectivity index (χ1) is 13.0. The molecule has 5 nitrogen and oxygen atoms in total. The van der Waals surface area contributed by atoms with Crippen LogP contribution in [0.15, 0.2) is 30.3 Å². The van der Waals surface area contributed by atoms with Crippen molar-refractivity contribution >= 4 is 17.7 Å². The number of Topliss-reactive ketones (excluding diaryl/α,β-unsaturated/α-hetero) is 1. The molecule has 0 saturated heterocycles. The predicted molar refractivity (Wildman–Crippen MR) is 104 cm³/mol. The smallest absolute Gasteiger partial charge is 0.302 e. The Bertz CT molecular complexity index is 567. The van der Waals surface area contributed by atoms with Gasteiger partial charge >= 0.3 is 11.9 Å². The number of ether oxygens (including phenoxy) is 2. The first kappa shape index (κ1) is 22.9. The van der Waals surface area contributed by atoms with Crippen molar-refractivity contribution in [2.45, 2.75) is 77.7 Å². The van der Waals surface area contributed by atoms with Gasteiger partial charge in [0.25, 0.3) is 0 Å². The molecule has 0 spiro atoms. The fraction of sp³-hybridized carbons (Fsp3) is 0.591. The monoisotopic (exact) mass is 376 g/mol. The van der Waals surface area contributed by atoms with Crippen molar-refractivity contribution in [2.24, 2.45) is 0 Å². The third-order valence-corrected chi connectivity index (χ3v) is 4.30. The largest absolute Gasteiger partial charge is 0.466 e. The average molecular weight is 376 g/mol. The van der Waals surface area contributed by atoms with E-state index in [0.717, 1.165) is 32.1 Å². The van der Waals surface area contributed by atoms with E-state index in [4.69, 9.17) is 9.47 Å². The van der Waals surface area contributed by atoms with Crippen LogP contribution in [0.1, 0.15) is 70.8 Å². The molecule has 1 aromatic carbocycles. The molecule has 0 aliphatic rings. The zero-order valence-corrected chi connectivity index (χ0v) is 16.6. The van der Waals surface area contributed by atoms with E-state index in [1.165, 1.54) is 19.4 Å². The van der Waals surface area contributed by atoms with Gasteiger partial charge < -0.3 is 9.47 Å². The van der Waals surface area contributed by atoms with E-state index < -0.39 is 0 Å². The topological polar surface area (TPSA) is 69.7 Å². The highest BCUT2D eigenvalue weighted by atomic mass is 16.5. The lowest BCUT2D eigenvalue weighted by atomic mass is 10.0. The minimum atomic E-state index is -0.287. The van der Waals surface area contributed by atoms with Crippen LogP contribution < -0.4 is 0 Å². The average Bonchev–Trinajstić information content (AvgIpc) is 2.61. The van der Waals surface area contributed by atoms with Crippen molar-refractivity contribution in [3.8, 4) is 0 Å². The number of carbonyl (C=O) groups excluding carboxylic acids is 3. The van der Waals surface area contributed by atoms with Crippen LogP contribution in [0, 0.1) is 0 Å². The van der Waals surface area contributed by atoms with Crippen LogP contribution in [-0.4, -0.2) is 30.4 Å². The van der Waals surface area contributed by atoms with Crippen molar-refractivity contribution in [1.29, 1.82) is 0 Å². The van der Waals surface area contributed by atoms with Crippen LogP contribution in [0.4, 0.5) is 0 Å². The first-order valence-electron chi connectivity index (χ1n) is 9.83. The molecule has 1 unspecified atom stereocenters. The molecule has 1 rings (SSSR count). The van der Waals surface area contributed by atoms with Gasteiger partial charge in [0.2, 0.25) is 0 Å². The molecule has 0 N–H and O–H groups in total. The van der Waals surface area contributed by atoms with E-state index in [0.29, 0.717) is 32.3 Å². The third kappa shape index (κ3) is 12.8. The zero-order valence-electron chi connectivity index (χ0n) is 16.6. The third-order valence-electron chi connectivity index (χ3n) is 4.30. The fourth-order valence-corrected chi connectivity index (χ4v) is 2.97. The highest BCUT2D eigenvalue weighted by Crippen LogP contribution is 2.15. The molecule has 0 bridgehead atoms. The minimum absolute atomic E-state index is 0.122. The van der Waals surface area contributed by atoms with Gasteiger partial charge in [-0.05, 0) is 50.5 Å². The second kappa shape index (κ2) is 14.0. The summed E-state index contributed by atoms with van der Waals surface area (Å²) in [5.41, 5.74) is 1.28. The zero-order chi connectivity index (χ0) is 19.9. The van der Waals surface area contributed by atoms with Crippen LogP contribution >= 0.6 is 0 Å². The second-order valence-electron chi connectivity index (χ2n) is 6.84. The molecule has 0 amide bonds. The molecular weight excluding hydrogens is 344 g/mol. The van der Waals surface area contributed by atoms with E-state index in [1.807, 2.05) is 18.2 Å². The van der Waals surface area contributed by atoms with Gasteiger partial charge in [-0.3, -0.25) is 14.4 Å². The molecule has 1 aromatic rings. The van der Waals surface area contributed by atoms with Crippen LogP contribution in [0.2, 0.25) is 0 Å². The Hall–Kier alpha value is -2.17. The Morgan fingerprint density at radius 1 is 0.852 bits per heavy atom. The standard InChI is InChI=1S/C22H32O5/c1-18(23)26-17-7-6-13-21(25)14-9-16-22(27-19(2)24)15-8-12-20-10-4-3-5-11-20/h3-5,10-11,22H,6-9,12-17H2,1-2H3. The molecule has 0 aliphatic carbocycles. The van der Waals surface area contributed by atoms with Gasteiger partial charge in [0.15, 0.2) is 0 Å². The number of benzene rings is 1. The fourth-order valence-electron chi connectivity index (χ4n) is 2.97. The number of esters is 2. The van der Waals surface area contributed by atoms with E-state index >= 15 is 0 Å². The molecule has 0 fully saturated rings. The summed E-state index contributed by atoms with van der Waals surface area (Å²) in [7, 11) is 0. The Morgan fingerprint density at radius 3 is 2.19 bits per heavy atom. The quantitative estimate of drug-likeness (QED) is 0.355. The van der Waals surface area contributed by atoms with Crippen LogP contribution in [0.25, 0.3) is 0 Å². The number of aryl methyl sites for hydroxylation is 1. The van der Waals surface area contributed by atoms with Crippen LogP contribution in [0.5, 0.6) is 0 Å². The lowest BCUT2D eigenvalue weighted by molar-refractivity contribution is -0.147. The maximum Gasteiger partial charge on any atom is 0.302 e. The lowest BCUT2D eigenvalue weighted by Gasteiger charge is -2.17. The summed E-state index contributed by atoms with van der Waals surface area (Å²) in [6.45, 7) is 3.18. The number of unbranched alkanes of at least 4 members (excludes halogenated alkanes) is 1. The molecule has 27 heavy (non-hydrogen) atoms. The summed E-state index contributed by atoms with van der Waals surface area (Å²) in [6, 6.07) is 10.2. The number of hydrogen-bond donors (Lipinski definition) is 0. The summed E-state index contributed by atoms with van der Waals surface area (Å²) in [5.74, 6) is -0.342. The van der Waals surface area contributed by atoms with Gasteiger partial charge in [-0.25, -0.2) is 0 Å². The summed E-state index contributed by atoms with van der Waals surface area (Å²) < 4.78 is 10.3. The summed E-state index contributed by atoms with van der Waals surface area (Å²) in [4.78, 5) is 33.9. The highest BCUT2D eigenvalue weighted by Gasteiger charge is 2.13. The summed E-state index contributed by atoms with van der Waals surface area (Å²) in [5, 5.41) is 0. The maximum atomic E-state index is 11.9. The Balaban J connectivity index is 2.20. The molecule has 0 radical (unpaired) electrons. The highest BCUT2D eigenvalue weighted by molar-refractivity contribution is 5.78. The predicted octanol–water partition coefficient (Wildman–Crippen LogP) is 4.41. The Labute approximate surface area is 162 Å². The van der Waals surface area contributed by atoms with Crippen LogP contribution in [0.3, 0.4) is 0 Å². The van der Waals surface area contributed by atoms with E-state index in [1.54, 1.807) is 0 Å². The normalized spacial score (nSPS) is 11.6. The van der Waals surface area contributed by atoms with E-state index in [2.05, 4.69) is 12.1 Å². The van der Waals surface area contributed by atoms with Crippen molar-refractivity contribution in [3.05, 3.63) is 35.9 Å². The molecule has 0 aliphatic heterocycles. The van der Waals surface area contributed by atoms with Crippen molar-refractivity contribution < 1.29 is 23.9 Å². The van der Waals surface area contributed by atoms with Gasteiger partial charge in [0, 0.05) is 26.7 Å². The number of hydrogen-bond acceptors (Lipinski definition) is 5. The first-order valence-corrected chi connectivity index (χ1v) is 9.83. The summed E-state index contributed by atoms with van der Waals surface area (Å²) in [6.07, 6.45) is 6.49. The minimum Gasteiger partial charge on any atom is -0.466 e. The molecule has 1 atom stereocenters. The van der Waals surface area contributed by atoms with E-state index in [9.17, 15) is 14.4 Å². The number of carbonyl (C=O) groups is 3. The van der Waals surface area contributed by atoms with Gasteiger partial charge in [-0.2, -0.15) is 0 Å². The second-order valence-corrected chi connectivity index (χ2v) is 6.84. The molecule has 150 valence electrons. The molecule has 5 heteroatoms. The Morgan fingerprint density at radius 2 is 1.52 bits per heavy atom. The number of ketones is 1. The maximum absolute atomic E-state index is 11.9. The van der Waals surface area contributed by atoms with Gasteiger partial charge in [0.05, 0.1) is 6.61 Å². The Kier molecular flexibility index (Phi) is 11.8.